The highest BCUT2D eigenvalue weighted by molar-refractivity contribution is 5.94. The Morgan fingerprint density at radius 1 is 0.798 bits per heavy atom. The first-order chi connectivity index (χ1) is 39.9. The molecule has 2 aliphatic heterocycles. The zero-order valence-corrected chi connectivity index (χ0v) is 50.9. The smallest absolute Gasteiger partial charge is 0.455 e. The normalized spacial score (nSPS) is 29.5. The summed E-state index contributed by atoms with van der Waals surface area (Å²) in [5.74, 6) is -5.55. The molecule has 0 radical (unpaired) electrons. The molecule has 0 aromatic heterocycles. The van der Waals surface area contributed by atoms with Crippen LogP contribution in [0.1, 0.15) is 200 Å². The van der Waals surface area contributed by atoms with E-state index in [1.165, 1.54) is 103 Å². The maximum absolute atomic E-state index is 15.3. The van der Waals surface area contributed by atoms with Crippen molar-refractivity contribution in [3.8, 4) is 0 Å². The zero-order valence-electron chi connectivity index (χ0n) is 50.9. The SMILES string of the molecule is CCCCCCCCCCCCCCCCCC1OCC(COC(=O)O[C@@H](C(=O)O[C@H]2C[C@@]3(O)[C@@H](OC(=O)c4ccccc4)C4[C@](C)(C(=O)[C@H](O)C(=C2C)C3(C)C)[C@@H](O)C[C@H]2OC[C@@]42OC(C)=O)[C@@H](NC(=O)OC(C)(C)C)c2ccccc2)O1. The molecule has 13 atom stereocenters. The van der Waals surface area contributed by atoms with E-state index in [1.807, 2.05) is 0 Å². The Morgan fingerprint density at radius 3 is 1.94 bits per heavy atom. The quantitative estimate of drug-likeness (QED) is 0.0281. The van der Waals surface area contributed by atoms with Crippen LogP contribution >= 0.6 is 0 Å². The van der Waals surface area contributed by atoms with Crippen molar-refractivity contribution in [1.82, 2.24) is 5.32 Å². The topological polar surface area (TPSA) is 258 Å². The van der Waals surface area contributed by atoms with Crippen LogP contribution in [0.15, 0.2) is 71.8 Å². The summed E-state index contributed by atoms with van der Waals surface area (Å²) in [6, 6.07) is 14.5. The molecule has 2 aromatic carbocycles. The van der Waals surface area contributed by atoms with E-state index in [-0.39, 0.29) is 48.5 Å². The molecule has 3 unspecified atom stereocenters. The number of alkyl carbamates (subject to hydrolysis) is 1. The van der Waals surface area contributed by atoms with Gasteiger partial charge in [0, 0.05) is 25.2 Å². The molecule has 0 spiro atoms. The number of rotatable bonds is 27. The Balaban J connectivity index is 1.11. The van der Waals surface area contributed by atoms with Gasteiger partial charge in [-0.1, -0.05) is 159 Å². The monoisotopic (exact) mass is 1180 g/mol. The summed E-state index contributed by atoms with van der Waals surface area (Å²) in [5, 5.41) is 41.2. The summed E-state index contributed by atoms with van der Waals surface area (Å²) < 4.78 is 53.9. The molecule has 4 N–H and O–H groups in total. The minimum atomic E-state index is -2.45. The first kappa shape index (κ1) is 66.1. The van der Waals surface area contributed by atoms with Gasteiger partial charge in [-0.3, -0.25) is 9.59 Å². The van der Waals surface area contributed by atoms with Crippen LogP contribution in [-0.4, -0.2) is 137 Å². The van der Waals surface area contributed by atoms with Crippen LogP contribution in [0.25, 0.3) is 0 Å². The van der Waals surface area contributed by atoms with E-state index < -0.39 is 131 Å². The molecule has 1 amide bonds. The summed E-state index contributed by atoms with van der Waals surface area (Å²) in [5.41, 5.74) is -8.74. The Labute approximate surface area is 495 Å². The standard InChI is InChI=1S/C65H93NO18/c1-10-11-12-13-14-15-16-17-18-19-20-21-22-23-30-35-49-76-38-45(79-49)39-77-60(74)81-53(51(43-31-26-24-27-32-43)66-59(73)84-61(4,5)6)58(72)80-46-37-65(75)56(82-57(71)44-33-28-25-29-34-44)54-63(9,55(70)52(69)50(41(46)2)62(65,7)8)47(68)36-48-64(54,40-78-48)83-42(3)67/h24-29,31-34,45-49,51-54,56,68-69,75H,10-23,30,35-40H2,1-9H3,(H,66,73)/t45?,46-,47-,48+,49?,51-,52+,53+,54?,56-,63+,64-,65+/m0/s1. The molecule has 2 bridgehead atoms. The van der Waals surface area contributed by atoms with Crippen LogP contribution < -0.4 is 5.32 Å². The Hall–Kier alpha value is -5.44. The van der Waals surface area contributed by atoms with Gasteiger partial charge in [0.2, 0.25) is 6.10 Å². The van der Waals surface area contributed by atoms with E-state index >= 15 is 9.59 Å². The van der Waals surface area contributed by atoms with Crippen molar-refractivity contribution in [2.45, 2.75) is 250 Å². The van der Waals surface area contributed by atoms with Gasteiger partial charge in [0.15, 0.2) is 17.7 Å². The lowest BCUT2D eigenvalue weighted by Crippen LogP contribution is -2.81. The zero-order chi connectivity index (χ0) is 61.0. The average molecular weight is 1180 g/mol. The van der Waals surface area contributed by atoms with E-state index in [2.05, 4.69) is 12.2 Å². The number of fused-ring (bicyclic) bond motifs is 5. The molecule has 7 rings (SSSR count). The van der Waals surface area contributed by atoms with Gasteiger partial charge in [-0.2, -0.15) is 0 Å². The van der Waals surface area contributed by atoms with Crippen LogP contribution in [0, 0.1) is 16.7 Å². The van der Waals surface area contributed by atoms with Crippen LogP contribution in [0.2, 0.25) is 0 Å². The van der Waals surface area contributed by atoms with Gasteiger partial charge in [0.1, 0.15) is 54.4 Å². The number of esters is 3. The number of hydrogen-bond donors (Lipinski definition) is 4. The lowest BCUT2D eigenvalue weighted by molar-refractivity contribution is -0.346. The molecule has 2 saturated carbocycles. The number of benzene rings is 2. The number of ketones is 1. The van der Waals surface area contributed by atoms with Gasteiger partial charge in [0.25, 0.3) is 0 Å². The van der Waals surface area contributed by atoms with E-state index in [4.69, 9.17) is 42.6 Å². The molecule has 3 aliphatic carbocycles. The number of aliphatic hydroxyl groups excluding tert-OH is 2. The number of carbonyl (C=O) groups excluding carboxylic acids is 6. The molecular weight excluding hydrogens is 1080 g/mol. The van der Waals surface area contributed by atoms with E-state index in [0.717, 1.165) is 26.2 Å². The maximum atomic E-state index is 15.3. The van der Waals surface area contributed by atoms with Crippen LogP contribution in [0.3, 0.4) is 0 Å². The fraction of sp³-hybridized carbons (Fsp3) is 0.692. The van der Waals surface area contributed by atoms with Crippen LogP contribution in [0.5, 0.6) is 0 Å². The van der Waals surface area contributed by atoms with E-state index in [0.29, 0.717) is 6.42 Å². The summed E-state index contributed by atoms with van der Waals surface area (Å²) in [4.78, 5) is 85.9. The van der Waals surface area contributed by atoms with Crippen molar-refractivity contribution < 1.29 is 86.7 Å². The Morgan fingerprint density at radius 2 is 1.38 bits per heavy atom. The Kier molecular flexibility index (Phi) is 22.7. The van der Waals surface area contributed by atoms with Crippen molar-refractivity contribution in [2.75, 3.05) is 19.8 Å². The van der Waals surface area contributed by atoms with Crippen molar-refractivity contribution in [3.63, 3.8) is 0 Å². The summed E-state index contributed by atoms with van der Waals surface area (Å²) in [7, 11) is 0. The predicted octanol–water partition coefficient (Wildman–Crippen LogP) is 10.4. The van der Waals surface area contributed by atoms with Crippen molar-refractivity contribution in [1.29, 1.82) is 0 Å². The minimum absolute atomic E-state index is 0.0534. The van der Waals surface area contributed by atoms with E-state index in [9.17, 15) is 34.5 Å². The molecule has 2 aromatic rings. The number of amides is 1. The van der Waals surface area contributed by atoms with E-state index in [1.54, 1.807) is 83.1 Å². The number of aliphatic hydroxyl groups is 3. The highest BCUT2D eigenvalue weighted by Crippen LogP contribution is 2.64. The number of carbonyl (C=O) groups is 6. The maximum Gasteiger partial charge on any atom is 0.509 e. The number of unbranched alkanes of at least 4 members (excludes halogenated alkanes) is 14. The third kappa shape index (κ3) is 15.2. The third-order valence-electron chi connectivity index (χ3n) is 18.0. The van der Waals surface area contributed by atoms with Crippen molar-refractivity contribution in [3.05, 3.63) is 82.9 Å². The fourth-order valence-electron chi connectivity index (χ4n) is 13.4. The predicted molar refractivity (Wildman–Crippen MR) is 308 cm³/mol. The number of nitrogens with one attached hydrogen (secondary N) is 1. The molecule has 19 nitrogen and oxygen atoms in total. The largest absolute Gasteiger partial charge is 0.509 e. The highest BCUT2D eigenvalue weighted by atomic mass is 16.8. The van der Waals surface area contributed by atoms with Crippen LogP contribution in [-0.2, 0) is 57.0 Å². The molecule has 4 fully saturated rings. The number of hydrogen-bond acceptors (Lipinski definition) is 18. The molecule has 466 valence electrons. The first-order valence-electron chi connectivity index (χ1n) is 30.6. The first-order valence-corrected chi connectivity index (χ1v) is 30.6. The fourth-order valence-corrected chi connectivity index (χ4v) is 13.4. The number of Topliss-reactive ketones (excluding diaryl/α,β-unsaturated/α-hetero) is 1. The highest BCUT2D eigenvalue weighted by Gasteiger charge is 2.78. The molecule has 19 heteroatoms. The van der Waals surface area contributed by atoms with Gasteiger partial charge in [-0.15, -0.1) is 0 Å². The summed E-state index contributed by atoms with van der Waals surface area (Å²) >= 11 is 0. The average Bonchev–Trinajstić information content (AvgIpc) is 0.720. The van der Waals surface area contributed by atoms with Gasteiger partial charge in [-0.25, -0.2) is 19.2 Å². The lowest BCUT2D eigenvalue weighted by atomic mass is 9.44. The second kappa shape index (κ2) is 28.8. The third-order valence-corrected chi connectivity index (χ3v) is 18.0. The van der Waals surface area contributed by atoms with Gasteiger partial charge < -0.3 is 63.3 Å². The molecule has 5 aliphatic rings. The molecule has 2 heterocycles. The number of ether oxygens (including phenoxy) is 9. The van der Waals surface area contributed by atoms with Crippen LogP contribution in [0.4, 0.5) is 9.59 Å². The second-order valence-electron chi connectivity index (χ2n) is 25.5. The van der Waals surface area contributed by atoms with Crippen molar-refractivity contribution in [2.24, 2.45) is 16.7 Å². The molecular formula is C65H93NO18. The molecule has 84 heavy (non-hydrogen) atoms. The Bertz CT molecular complexity index is 2580. The minimum Gasteiger partial charge on any atom is -0.455 e. The van der Waals surface area contributed by atoms with Gasteiger partial charge >= 0.3 is 30.2 Å². The molecule has 2 saturated heterocycles. The lowest BCUT2D eigenvalue weighted by Gasteiger charge is -2.67. The second-order valence-corrected chi connectivity index (χ2v) is 25.5. The van der Waals surface area contributed by atoms with Gasteiger partial charge in [-0.05, 0) is 76.3 Å². The summed E-state index contributed by atoms with van der Waals surface area (Å²) in [6.07, 6.45) is 4.86. The summed E-state index contributed by atoms with van der Waals surface area (Å²) in [6.45, 7) is 13.8. The van der Waals surface area contributed by atoms with Gasteiger partial charge in [0.05, 0.1) is 36.2 Å². The van der Waals surface area contributed by atoms with Crippen molar-refractivity contribution >= 4 is 35.9 Å².